The summed E-state index contributed by atoms with van der Waals surface area (Å²) in [6.45, 7) is 3.62. The molecule has 7 heteroatoms. The maximum absolute atomic E-state index is 12.6. The van der Waals surface area contributed by atoms with Gasteiger partial charge in [0.2, 0.25) is 5.91 Å². The van der Waals surface area contributed by atoms with Gasteiger partial charge in [0.05, 0.1) is 5.56 Å². The van der Waals surface area contributed by atoms with Gasteiger partial charge in [0, 0.05) is 5.56 Å². The molecule has 0 fully saturated rings. The number of allylic oxidation sites excluding steroid dienone is 1. The molecule has 22 heavy (non-hydrogen) atoms. The van der Waals surface area contributed by atoms with Gasteiger partial charge >= 0.3 is 6.18 Å². The molecule has 0 saturated heterocycles. The first-order valence-corrected chi connectivity index (χ1v) is 6.52. The predicted octanol–water partition coefficient (Wildman–Crippen LogP) is 2.65. The third kappa shape index (κ3) is 5.23. The van der Waals surface area contributed by atoms with E-state index < -0.39 is 29.6 Å². The van der Waals surface area contributed by atoms with Crippen molar-refractivity contribution in [3.05, 3.63) is 47.0 Å². The van der Waals surface area contributed by atoms with Crippen molar-refractivity contribution in [2.24, 2.45) is 5.73 Å². The molecule has 0 saturated carbocycles. The molecule has 0 aliphatic rings. The highest BCUT2D eigenvalue weighted by molar-refractivity contribution is 5.97. The number of hydrogen-bond donors (Lipinski definition) is 2. The minimum atomic E-state index is -4.54. The summed E-state index contributed by atoms with van der Waals surface area (Å²) in [5.41, 5.74) is 5.00. The largest absolute Gasteiger partial charge is 0.416 e. The van der Waals surface area contributed by atoms with Gasteiger partial charge in [-0.25, -0.2) is 0 Å². The number of rotatable bonds is 5. The predicted molar refractivity (Wildman–Crippen MR) is 75.9 cm³/mol. The van der Waals surface area contributed by atoms with Crippen LogP contribution in [-0.4, -0.2) is 17.9 Å². The second-order valence-corrected chi connectivity index (χ2v) is 5.02. The minimum absolute atomic E-state index is 0.182. The number of halogens is 3. The number of amides is 2. The normalized spacial score (nSPS) is 12.4. The van der Waals surface area contributed by atoms with Crippen molar-refractivity contribution in [2.75, 3.05) is 0 Å². The number of benzene rings is 1. The smallest absolute Gasteiger partial charge is 0.368 e. The van der Waals surface area contributed by atoms with Crippen LogP contribution in [0.5, 0.6) is 0 Å². The highest BCUT2D eigenvalue weighted by atomic mass is 19.4. The van der Waals surface area contributed by atoms with Crippen molar-refractivity contribution in [2.45, 2.75) is 32.5 Å². The van der Waals surface area contributed by atoms with Crippen molar-refractivity contribution in [3.63, 3.8) is 0 Å². The monoisotopic (exact) mass is 314 g/mol. The topological polar surface area (TPSA) is 72.2 Å². The number of carbonyl (C=O) groups excluding carboxylic acids is 2. The third-order valence-corrected chi connectivity index (χ3v) is 2.86. The number of hydrogen-bond acceptors (Lipinski definition) is 2. The second-order valence-electron chi connectivity index (χ2n) is 5.02. The van der Waals surface area contributed by atoms with Crippen LogP contribution in [0.15, 0.2) is 35.9 Å². The Balaban J connectivity index is 2.91. The zero-order valence-corrected chi connectivity index (χ0v) is 12.2. The van der Waals surface area contributed by atoms with Crippen molar-refractivity contribution in [1.82, 2.24) is 5.32 Å². The lowest BCUT2D eigenvalue weighted by atomic mass is 10.1. The molecule has 0 unspecified atom stereocenters. The maximum atomic E-state index is 12.6. The van der Waals surface area contributed by atoms with Gasteiger partial charge in [-0.15, -0.1) is 0 Å². The fourth-order valence-corrected chi connectivity index (χ4v) is 1.68. The Bertz CT molecular complexity index is 591. The lowest BCUT2D eigenvalue weighted by molar-refractivity contribution is -0.137. The first-order chi connectivity index (χ1) is 10.1. The minimum Gasteiger partial charge on any atom is -0.368 e. The fraction of sp³-hybridized carbons (Fsp3) is 0.333. The molecule has 4 nitrogen and oxygen atoms in total. The van der Waals surface area contributed by atoms with Crippen LogP contribution in [-0.2, 0) is 11.0 Å². The molecule has 1 rings (SSSR count). The van der Waals surface area contributed by atoms with E-state index in [2.05, 4.69) is 5.32 Å². The van der Waals surface area contributed by atoms with Gasteiger partial charge in [-0.3, -0.25) is 9.59 Å². The Hall–Kier alpha value is -2.31. The standard InChI is InChI=1S/C15H17F3N2O2/c1-9(2)6-7-12(13(19)21)20-14(22)10-4-3-5-11(8-10)15(16,17)18/h3-6,8,12H,7H2,1-2H3,(H2,19,21)(H,20,22)/t12-/m1/s1. The Kier molecular flexibility index (Phi) is 5.73. The van der Waals surface area contributed by atoms with E-state index in [1.807, 2.05) is 13.8 Å². The summed E-state index contributed by atoms with van der Waals surface area (Å²) in [6, 6.07) is 2.99. The van der Waals surface area contributed by atoms with Gasteiger partial charge < -0.3 is 11.1 Å². The Morgan fingerprint density at radius 2 is 1.95 bits per heavy atom. The summed E-state index contributed by atoms with van der Waals surface area (Å²) in [5.74, 6) is -1.53. The molecule has 0 aromatic heterocycles. The van der Waals surface area contributed by atoms with Gasteiger partial charge in [0.1, 0.15) is 6.04 Å². The molecule has 0 aliphatic heterocycles. The third-order valence-electron chi connectivity index (χ3n) is 2.86. The van der Waals surface area contributed by atoms with Gasteiger partial charge in [0.25, 0.3) is 5.91 Å². The molecule has 3 N–H and O–H groups in total. The van der Waals surface area contributed by atoms with Gasteiger partial charge in [-0.05, 0) is 38.5 Å². The quantitative estimate of drug-likeness (QED) is 0.820. The summed E-state index contributed by atoms with van der Waals surface area (Å²) < 4.78 is 37.9. The maximum Gasteiger partial charge on any atom is 0.416 e. The Morgan fingerprint density at radius 3 is 2.45 bits per heavy atom. The molecule has 0 spiro atoms. The average Bonchev–Trinajstić information content (AvgIpc) is 2.41. The molecular formula is C15H17F3N2O2. The summed E-state index contributed by atoms with van der Waals surface area (Å²) in [4.78, 5) is 23.3. The average molecular weight is 314 g/mol. The molecular weight excluding hydrogens is 297 g/mol. The highest BCUT2D eigenvalue weighted by Gasteiger charge is 2.31. The first kappa shape index (κ1) is 17.7. The number of carbonyl (C=O) groups is 2. The van der Waals surface area contributed by atoms with Crippen LogP contribution < -0.4 is 11.1 Å². The summed E-state index contributed by atoms with van der Waals surface area (Å²) in [7, 11) is 0. The van der Waals surface area contributed by atoms with Crippen molar-refractivity contribution >= 4 is 11.8 Å². The summed E-state index contributed by atoms with van der Waals surface area (Å²) in [5, 5.41) is 2.34. The SMILES string of the molecule is CC(C)=CC[C@@H](NC(=O)c1cccc(C(F)(F)F)c1)C(N)=O. The van der Waals surface area contributed by atoms with E-state index >= 15 is 0 Å². The van der Waals surface area contributed by atoms with Crippen LogP contribution in [0.2, 0.25) is 0 Å². The van der Waals surface area contributed by atoms with Crippen LogP contribution in [0, 0.1) is 0 Å². The van der Waals surface area contributed by atoms with E-state index in [9.17, 15) is 22.8 Å². The zero-order chi connectivity index (χ0) is 16.9. The fourth-order valence-electron chi connectivity index (χ4n) is 1.68. The van der Waals surface area contributed by atoms with Crippen molar-refractivity contribution in [1.29, 1.82) is 0 Å². The van der Waals surface area contributed by atoms with E-state index in [4.69, 9.17) is 5.73 Å². The molecule has 0 radical (unpaired) electrons. The highest BCUT2D eigenvalue weighted by Crippen LogP contribution is 2.29. The number of nitrogens with two attached hydrogens (primary N) is 1. The number of nitrogens with one attached hydrogen (secondary N) is 1. The van der Waals surface area contributed by atoms with E-state index in [1.54, 1.807) is 6.08 Å². The van der Waals surface area contributed by atoms with E-state index in [0.717, 1.165) is 23.8 Å². The number of primary amides is 1. The van der Waals surface area contributed by atoms with Gasteiger partial charge in [-0.2, -0.15) is 13.2 Å². The molecule has 1 atom stereocenters. The van der Waals surface area contributed by atoms with Crippen LogP contribution in [0.3, 0.4) is 0 Å². The number of alkyl halides is 3. The molecule has 120 valence electrons. The lowest BCUT2D eigenvalue weighted by Crippen LogP contribution is -2.44. The molecule has 0 aliphatic carbocycles. The van der Waals surface area contributed by atoms with E-state index in [0.29, 0.717) is 0 Å². The lowest BCUT2D eigenvalue weighted by Gasteiger charge is -2.15. The van der Waals surface area contributed by atoms with Crippen molar-refractivity contribution in [3.8, 4) is 0 Å². The Labute approximate surface area is 126 Å². The van der Waals surface area contributed by atoms with Crippen LogP contribution in [0.25, 0.3) is 0 Å². The Morgan fingerprint density at radius 1 is 1.32 bits per heavy atom. The van der Waals surface area contributed by atoms with E-state index in [1.165, 1.54) is 6.07 Å². The van der Waals surface area contributed by atoms with Crippen LogP contribution >= 0.6 is 0 Å². The van der Waals surface area contributed by atoms with Crippen LogP contribution in [0.1, 0.15) is 36.2 Å². The second kappa shape index (κ2) is 7.11. The van der Waals surface area contributed by atoms with Gasteiger partial charge in [0.15, 0.2) is 0 Å². The van der Waals surface area contributed by atoms with Crippen molar-refractivity contribution < 1.29 is 22.8 Å². The molecule has 1 aromatic carbocycles. The summed E-state index contributed by atoms with van der Waals surface area (Å²) in [6.07, 6.45) is -2.65. The van der Waals surface area contributed by atoms with Gasteiger partial charge in [-0.1, -0.05) is 17.7 Å². The molecule has 2 amide bonds. The zero-order valence-electron chi connectivity index (χ0n) is 12.2. The first-order valence-electron chi connectivity index (χ1n) is 6.52. The summed E-state index contributed by atoms with van der Waals surface area (Å²) >= 11 is 0. The van der Waals surface area contributed by atoms with E-state index in [-0.39, 0.29) is 12.0 Å². The molecule has 0 bridgehead atoms. The van der Waals surface area contributed by atoms with Crippen LogP contribution in [0.4, 0.5) is 13.2 Å². The molecule has 1 aromatic rings. The molecule has 0 heterocycles.